The third-order valence-corrected chi connectivity index (χ3v) is 3.97. The highest BCUT2D eigenvalue weighted by molar-refractivity contribution is 5.82. The SMILES string of the molecule is CCOc1ccccc1OCC(=O)NNC(=O)CCc1ccc(C)cc1C. The fourth-order valence-electron chi connectivity index (χ4n) is 2.60. The summed E-state index contributed by atoms with van der Waals surface area (Å²) in [6, 6.07) is 13.3. The molecule has 0 spiro atoms. The van der Waals surface area contributed by atoms with E-state index in [2.05, 4.69) is 16.9 Å². The van der Waals surface area contributed by atoms with Crippen LogP contribution in [0.4, 0.5) is 0 Å². The maximum atomic E-state index is 11.9. The second-order valence-electron chi connectivity index (χ2n) is 6.19. The third-order valence-electron chi connectivity index (χ3n) is 3.97. The molecule has 0 atom stereocenters. The van der Waals surface area contributed by atoms with Gasteiger partial charge >= 0.3 is 0 Å². The van der Waals surface area contributed by atoms with Crippen molar-refractivity contribution in [1.29, 1.82) is 0 Å². The van der Waals surface area contributed by atoms with Crippen molar-refractivity contribution in [2.24, 2.45) is 0 Å². The number of hydrazine groups is 1. The van der Waals surface area contributed by atoms with Crippen LogP contribution in [0.3, 0.4) is 0 Å². The van der Waals surface area contributed by atoms with Crippen molar-refractivity contribution in [3.63, 3.8) is 0 Å². The van der Waals surface area contributed by atoms with Gasteiger partial charge in [0.05, 0.1) is 6.61 Å². The summed E-state index contributed by atoms with van der Waals surface area (Å²) >= 11 is 0. The predicted molar refractivity (Wildman–Crippen MR) is 104 cm³/mol. The molecule has 0 aromatic heterocycles. The molecule has 2 aromatic carbocycles. The Morgan fingerprint density at radius 1 is 0.926 bits per heavy atom. The number of hydrogen-bond acceptors (Lipinski definition) is 4. The second-order valence-corrected chi connectivity index (χ2v) is 6.19. The van der Waals surface area contributed by atoms with E-state index in [9.17, 15) is 9.59 Å². The normalized spacial score (nSPS) is 10.2. The molecule has 0 radical (unpaired) electrons. The van der Waals surface area contributed by atoms with Crippen molar-refractivity contribution in [1.82, 2.24) is 10.9 Å². The number of para-hydroxylation sites is 2. The Morgan fingerprint density at radius 3 is 2.26 bits per heavy atom. The van der Waals surface area contributed by atoms with E-state index in [-0.39, 0.29) is 18.9 Å². The minimum atomic E-state index is -0.443. The lowest BCUT2D eigenvalue weighted by Crippen LogP contribution is -2.43. The number of rotatable bonds is 8. The molecule has 0 heterocycles. The van der Waals surface area contributed by atoms with Gasteiger partial charge in [0.1, 0.15) is 0 Å². The molecule has 0 saturated heterocycles. The fourth-order valence-corrected chi connectivity index (χ4v) is 2.60. The van der Waals surface area contributed by atoms with Crippen LogP contribution in [0.5, 0.6) is 11.5 Å². The third kappa shape index (κ3) is 6.66. The molecule has 0 aliphatic carbocycles. The predicted octanol–water partition coefficient (Wildman–Crippen LogP) is 2.86. The van der Waals surface area contributed by atoms with Crippen LogP contribution in [0.2, 0.25) is 0 Å². The highest BCUT2D eigenvalue weighted by Crippen LogP contribution is 2.26. The van der Waals surface area contributed by atoms with Crippen LogP contribution in [-0.4, -0.2) is 25.0 Å². The monoisotopic (exact) mass is 370 g/mol. The van der Waals surface area contributed by atoms with E-state index >= 15 is 0 Å². The van der Waals surface area contributed by atoms with Gasteiger partial charge in [-0.25, -0.2) is 0 Å². The smallest absolute Gasteiger partial charge is 0.276 e. The van der Waals surface area contributed by atoms with Crippen molar-refractivity contribution >= 4 is 11.8 Å². The van der Waals surface area contributed by atoms with Crippen LogP contribution in [0.25, 0.3) is 0 Å². The molecular formula is C21H26N2O4. The summed E-state index contributed by atoms with van der Waals surface area (Å²) in [5, 5.41) is 0. The zero-order valence-corrected chi connectivity index (χ0v) is 16.0. The Hall–Kier alpha value is -3.02. The average Bonchev–Trinajstić information content (AvgIpc) is 2.65. The zero-order chi connectivity index (χ0) is 19.6. The highest BCUT2D eigenvalue weighted by Gasteiger charge is 2.09. The quantitative estimate of drug-likeness (QED) is 0.701. The molecule has 27 heavy (non-hydrogen) atoms. The van der Waals surface area contributed by atoms with Crippen molar-refractivity contribution in [2.75, 3.05) is 13.2 Å². The summed E-state index contributed by atoms with van der Waals surface area (Å²) in [6.07, 6.45) is 0.907. The summed E-state index contributed by atoms with van der Waals surface area (Å²) in [6.45, 7) is 6.22. The lowest BCUT2D eigenvalue weighted by Gasteiger charge is -2.12. The first kappa shape index (κ1) is 20.3. The molecule has 0 bridgehead atoms. The topological polar surface area (TPSA) is 76.7 Å². The maximum absolute atomic E-state index is 11.9. The van der Waals surface area contributed by atoms with Gasteiger partial charge in [-0.15, -0.1) is 0 Å². The number of nitrogens with one attached hydrogen (secondary N) is 2. The molecule has 0 fully saturated rings. The van der Waals surface area contributed by atoms with Crippen LogP contribution in [0.15, 0.2) is 42.5 Å². The summed E-state index contributed by atoms with van der Waals surface area (Å²) in [7, 11) is 0. The van der Waals surface area contributed by atoms with Gasteiger partial charge in [0.15, 0.2) is 18.1 Å². The standard InChI is InChI=1S/C21H26N2O4/c1-4-26-18-7-5-6-8-19(18)27-14-21(25)23-22-20(24)12-11-17-10-9-15(2)13-16(17)3/h5-10,13H,4,11-12,14H2,1-3H3,(H,22,24)(H,23,25). The molecule has 6 nitrogen and oxygen atoms in total. The minimum absolute atomic E-state index is 0.221. The number of aryl methyl sites for hydroxylation is 3. The van der Waals surface area contributed by atoms with E-state index in [1.807, 2.05) is 39.0 Å². The van der Waals surface area contributed by atoms with Crippen molar-refractivity contribution in [3.8, 4) is 11.5 Å². The summed E-state index contributed by atoms with van der Waals surface area (Å²) < 4.78 is 10.9. The molecule has 0 aliphatic rings. The summed E-state index contributed by atoms with van der Waals surface area (Å²) in [4.78, 5) is 23.8. The Balaban J connectivity index is 1.73. The number of carbonyl (C=O) groups excluding carboxylic acids is 2. The summed E-state index contributed by atoms with van der Waals surface area (Å²) in [5.41, 5.74) is 8.25. The van der Waals surface area contributed by atoms with Gasteiger partial charge in [0.25, 0.3) is 5.91 Å². The van der Waals surface area contributed by atoms with Crippen LogP contribution in [0.1, 0.15) is 30.0 Å². The molecule has 6 heteroatoms. The van der Waals surface area contributed by atoms with Gasteiger partial charge in [-0.3, -0.25) is 20.4 Å². The molecule has 2 N–H and O–H groups in total. The molecule has 0 aliphatic heterocycles. The molecule has 2 rings (SSSR count). The maximum Gasteiger partial charge on any atom is 0.276 e. The van der Waals surface area contributed by atoms with E-state index in [0.717, 1.165) is 11.1 Å². The van der Waals surface area contributed by atoms with Crippen LogP contribution >= 0.6 is 0 Å². The first-order valence-electron chi connectivity index (χ1n) is 8.98. The first-order chi connectivity index (χ1) is 13.0. The Labute approximate surface area is 159 Å². The van der Waals surface area contributed by atoms with E-state index in [1.54, 1.807) is 18.2 Å². The number of amides is 2. The van der Waals surface area contributed by atoms with E-state index in [4.69, 9.17) is 9.47 Å². The lowest BCUT2D eigenvalue weighted by atomic mass is 10.0. The number of carbonyl (C=O) groups is 2. The summed E-state index contributed by atoms with van der Waals surface area (Å²) in [5.74, 6) is 0.361. The molecular weight excluding hydrogens is 344 g/mol. The molecule has 0 unspecified atom stereocenters. The molecule has 0 saturated carbocycles. The van der Waals surface area contributed by atoms with Gasteiger partial charge in [-0.1, -0.05) is 35.9 Å². The Morgan fingerprint density at radius 2 is 1.59 bits per heavy atom. The molecule has 2 amide bonds. The van der Waals surface area contributed by atoms with Crippen molar-refractivity contribution < 1.29 is 19.1 Å². The number of benzene rings is 2. The fraction of sp³-hybridized carbons (Fsp3) is 0.333. The first-order valence-corrected chi connectivity index (χ1v) is 8.98. The van der Waals surface area contributed by atoms with Gasteiger partial charge < -0.3 is 9.47 Å². The molecule has 144 valence electrons. The Bertz CT molecular complexity index is 790. The molecule has 2 aromatic rings. The second kappa shape index (κ2) is 10.2. The van der Waals surface area contributed by atoms with E-state index in [0.29, 0.717) is 24.5 Å². The van der Waals surface area contributed by atoms with Gasteiger partial charge in [-0.2, -0.15) is 0 Å². The lowest BCUT2D eigenvalue weighted by molar-refractivity contribution is -0.130. The minimum Gasteiger partial charge on any atom is -0.490 e. The van der Waals surface area contributed by atoms with Gasteiger partial charge in [0.2, 0.25) is 5.91 Å². The van der Waals surface area contributed by atoms with Gasteiger partial charge in [-0.05, 0) is 50.5 Å². The largest absolute Gasteiger partial charge is 0.490 e. The van der Waals surface area contributed by atoms with E-state index < -0.39 is 5.91 Å². The number of ether oxygens (including phenoxy) is 2. The number of hydrogen-bond donors (Lipinski definition) is 2. The van der Waals surface area contributed by atoms with Crippen LogP contribution < -0.4 is 20.3 Å². The van der Waals surface area contributed by atoms with Crippen LogP contribution in [-0.2, 0) is 16.0 Å². The van der Waals surface area contributed by atoms with Crippen molar-refractivity contribution in [3.05, 3.63) is 59.2 Å². The Kier molecular flexibility index (Phi) is 7.67. The average molecular weight is 370 g/mol. The van der Waals surface area contributed by atoms with Crippen LogP contribution in [0, 0.1) is 13.8 Å². The van der Waals surface area contributed by atoms with Gasteiger partial charge in [0, 0.05) is 6.42 Å². The highest BCUT2D eigenvalue weighted by atomic mass is 16.5. The van der Waals surface area contributed by atoms with E-state index in [1.165, 1.54) is 5.56 Å². The van der Waals surface area contributed by atoms with Crippen molar-refractivity contribution in [2.45, 2.75) is 33.6 Å². The zero-order valence-electron chi connectivity index (χ0n) is 16.0.